The summed E-state index contributed by atoms with van der Waals surface area (Å²) in [7, 11) is -3.43. The van der Waals surface area contributed by atoms with Crippen LogP contribution in [-0.4, -0.2) is 19.9 Å². The summed E-state index contributed by atoms with van der Waals surface area (Å²) in [4.78, 5) is 0.389. The zero-order valence-electron chi connectivity index (χ0n) is 9.14. The Hall–Kier alpha value is -0.710. The molecule has 0 radical (unpaired) electrons. The maximum absolute atomic E-state index is 12.1. The number of thioether (sulfide) groups is 1. The van der Waals surface area contributed by atoms with E-state index in [4.69, 9.17) is 11.0 Å². The third-order valence-electron chi connectivity index (χ3n) is 2.06. The molecule has 0 fully saturated rings. The molecule has 2 N–H and O–H groups in total. The van der Waals surface area contributed by atoms with Crippen LogP contribution in [0.2, 0.25) is 0 Å². The highest BCUT2D eigenvalue weighted by Gasteiger charge is 2.29. The summed E-state index contributed by atoms with van der Waals surface area (Å²) in [6, 6.07) is 1.92. The van der Waals surface area contributed by atoms with Gasteiger partial charge >= 0.3 is 0 Å². The van der Waals surface area contributed by atoms with Gasteiger partial charge in [-0.15, -0.1) is 23.1 Å². The summed E-state index contributed by atoms with van der Waals surface area (Å²) in [6.07, 6.45) is 1.77. The van der Waals surface area contributed by atoms with Gasteiger partial charge in [0.1, 0.15) is 15.8 Å². The second-order valence-corrected chi connectivity index (χ2v) is 7.91. The Kier molecular flexibility index (Phi) is 3.88. The van der Waals surface area contributed by atoms with Gasteiger partial charge in [-0.2, -0.15) is 5.26 Å². The molecule has 7 heteroatoms. The fourth-order valence-corrected chi connectivity index (χ4v) is 4.90. The minimum atomic E-state index is -3.43. The van der Waals surface area contributed by atoms with E-state index in [1.807, 2.05) is 6.07 Å². The van der Waals surface area contributed by atoms with Crippen LogP contribution in [0.15, 0.2) is 9.10 Å². The Morgan fingerprint density at radius 2 is 2.06 bits per heavy atom. The SMILES string of the molecule is CSc1sc(C#N)c(N)c1S(=O)(=O)C(C)C. The van der Waals surface area contributed by atoms with Gasteiger partial charge in [-0.1, -0.05) is 0 Å². The van der Waals surface area contributed by atoms with Crippen molar-refractivity contribution in [2.24, 2.45) is 0 Å². The molecule has 0 aliphatic carbocycles. The average molecular weight is 276 g/mol. The van der Waals surface area contributed by atoms with E-state index in [9.17, 15) is 8.42 Å². The van der Waals surface area contributed by atoms with Gasteiger partial charge in [0.05, 0.1) is 15.1 Å². The van der Waals surface area contributed by atoms with Crippen molar-refractivity contribution < 1.29 is 8.42 Å². The lowest BCUT2D eigenvalue weighted by Crippen LogP contribution is -2.15. The quantitative estimate of drug-likeness (QED) is 0.855. The number of thiophene rings is 1. The van der Waals surface area contributed by atoms with Gasteiger partial charge in [0.2, 0.25) is 0 Å². The van der Waals surface area contributed by atoms with Crippen molar-refractivity contribution in [3.8, 4) is 6.07 Å². The average Bonchev–Trinajstić information content (AvgIpc) is 2.54. The van der Waals surface area contributed by atoms with Crippen LogP contribution >= 0.6 is 23.1 Å². The zero-order chi connectivity index (χ0) is 12.5. The second kappa shape index (κ2) is 4.65. The van der Waals surface area contributed by atoms with Crippen LogP contribution in [0.4, 0.5) is 5.69 Å². The van der Waals surface area contributed by atoms with E-state index >= 15 is 0 Å². The Labute approximate surface area is 103 Å². The lowest BCUT2D eigenvalue weighted by molar-refractivity contribution is 0.586. The lowest BCUT2D eigenvalue weighted by Gasteiger charge is -2.08. The fraction of sp³-hybridized carbons (Fsp3) is 0.444. The van der Waals surface area contributed by atoms with Gasteiger partial charge in [-0.05, 0) is 20.1 Å². The first-order valence-corrected chi connectivity index (χ1v) is 8.05. The number of sulfone groups is 1. The molecule has 0 atom stereocenters. The van der Waals surface area contributed by atoms with Gasteiger partial charge in [-0.25, -0.2) is 8.42 Å². The van der Waals surface area contributed by atoms with Crippen LogP contribution in [0, 0.1) is 11.3 Å². The van der Waals surface area contributed by atoms with E-state index in [0.717, 1.165) is 11.3 Å². The Morgan fingerprint density at radius 3 is 2.44 bits per heavy atom. The molecule has 0 saturated carbocycles. The fourth-order valence-electron chi connectivity index (χ4n) is 1.13. The van der Waals surface area contributed by atoms with Gasteiger partial charge in [-0.3, -0.25) is 0 Å². The summed E-state index contributed by atoms with van der Waals surface area (Å²) in [6.45, 7) is 3.20. The van der Waals surface area contributed by atoms with Crippen LogP contribution in [0.3, 0.4) is 0 Å². The molecule has 1 heterocycles. The van der Waals surface area contributed by atoms with Gasteiger partial charge < -0.3 is 5.73 Å². The molecule has 0 aromatic carbocycles. The normalized spacial score (nSPS) is 11.7. The van der Waals surface area contributed by atoms with Gasteiger partial charge in [0.25, 0.3) is 0 Å². The maximum Gasteiger partial charge on any atom is 0.184 e. The molecular formula is C9H12N2O2S3. The number of anilines is 1. The number of hydrogen-bond donors (Lipinski definition) is 1. The molecule has 0 bridgehead atoms. The van der Waals surface area contributed by atoms with Crippen molar-refractivity contribution in [1.29, 1.82) is 5.26 Å². The first-order chi connectivity index (χ1) is 7.36. The predicted molar refractivity (Wildman–Crippen MR) is 67.5 cm³/mol. The van der Waals surface area contributed by atoms with Crippen molar-refractivity contribution >= 4 is 38.6 Å². The Balaban J connectivity index is 3.57. The predicted octanol–water partition coefficient (Wildman–Crippen LogP) is 2.11. The Morgan fingerprint density at radius 1 is 1.50 bits per heavy atom. The number of nitrogens with two attached hydrogens (primary N) is 1. The summed E-state index contributed by atoms with van der Waals surface area (Å²) < 4.78 is 24.7. The molecule has 88 valence electrons. The zero-order valence-corrected chi connectivity index (χ0v) is 11.6. The molecule has 1 aromatic rings. The first-order valence-electron chi connectivity index (χ1n) is 4.46. The third kappa shape index (κ3) is 2.05. The number of hydrogen-bond acceptors (Lipinski definition) is 6. The third-order valence-corrected chi connectivity index (χ3v) is 6.78. The minimum absolute atomic E-state index is 0.0885. The van der Waals surface area contributed by atoms with E-state index in [-0.39, 0.29) is 15.5 Å². The van der Waals surface area contributed by atoms with Crippen molar-refractivity contribution in [1.82, 2.24) is 0 Å². The van der Waals surface area contributed by atoms with Crippen LogP contribution in [0.25, 0.3) is 0 Å². The lowest BCUT2D eigenvalue weighted by atomic mass is 10.4. The van der Waals surface area contributed by atoms with E-state index in [0.29, 0.717) is 4.21 Å². The molecule has 0 amide bonds. The summed E-state index contributed by atoms with van der Waals surface area (Å²) in [5.74, 6) is 0. The van der Waals surface area contributed by atoms with Crippen molar-refractivity contribution in [2.45, 2.75) is 28.2 Å². The van der Waals surface area contributed by atoms with Gasteiger partial charge in [0, 0.05) is 0 Å². The highest BCUT2D eigenvalue weighted by molar-refractivity contribution is 8.01. The number of rotatable bonds is 3. The van der Waals surface area contributed by atoms with E-state index in [2.05, 4.69) is 0 Å². The molecule has 4 nitrogen and oxygen atoms in total. The van der Waals surface area contributed by atoms with Crippen molar-refractivity contribution in [3.63, 3.8) is 0 Å². The molecule has 1 aromatic heterocycles. The highest BCUT2D eigenvalue weighted by atomic mass is 32.2. The maximum atomic E-state index is 12.1. The van der Waals surface area contributed by atoms with Crippen molar-refractivity contribution in [2.75, 3.05) is 12.0 Å². The van der Waals surface area contributed by atoms with Crippen LogP contribution in [0.5, 0.6) is 0 Å². The Bertz CT molecular complexity index is 538. The summed E-state index contributed by atoms with van der Waals surface area (Å²) >= 11 is 2.43. The number of nitriles is 1. The molecule has 0 saturated heterocycles. The standard InChI is InChI=1S/C9H12N2O2S3/c1-5(2)16(12,13)8-7(11)6(4-10)15-9(8)14-3/h5H,11H2,1-3H3. The van der Waals surface area contributed by atoms with Crippen LogP contribution < -0.4 is 5.73 Å². The van der Waals surface area contributed by atoms with E-state index in [1.54, 1.807) is 20.1 Å². The molecule has 0 unspecified atom stereocenters. The summed E-state index contributed by atoms with van der Waals surface area (Å²) in [5, 5.41) is 8.29. The minimum Gasteiger partial charge on any atom is -0.396 e. The van der Waals surface area contributed by atoms with Crippen LogP contribution in [0.1, 0.15) is 18.7 Å². The topological polar surface area (TPSA) is 83.9 Å². The molecular weight excluding hydrogens is 264 g/mol. The number of nitrogens with zero attached hydrogens (tertiary/aromatic N) is 1. The molecule has 0 spiro atoms. The summed E-state index contributed by atoms with van der Waals surface area (Å²) in [5.41, 5.74) is 5.80. The van der Waals surface area contributed by atoms with E-state index in [1.165, 1.54) is 11.8 Å². The molecule has 0 aliphatic rings. The first kappa shape index (κ1) is 13.4. The highest BCUT2D eigenvalue weighted by Crippen LogP contribution is 2.41. The monoisotopic (exact) mass is 276 g/mol. The van der Waals surface area contributed by atoms with Crippen molar-refractivity contribution in [3.05, 3.63) is 4.88 Å². The molecule has 0 aliphatic heterocycles. The second-order valence-electron chi connectivity index (χ2n) is 3.37. The molecule has 16 heavy (non-hydrogen) atoms. The van der Waals surface area contributed by atoms with Crippen LogP contribution in [-0.2, 0) is 9.84 Å². The largest absolute Gasteiger partial charge is 0.396 e. The van der Waals surface area contributed by atoms with Gasteiger partial charge in [0.15, 0.2) is 9.84 Å². The smallest absolute Gasteiger partial charge is 0.184 e. The van der Waals surface area contributed by atoms with E-state index < -0.39 is 15.1 Å². The molecule has 1 rings (SSSR count). The number of nitrogen functional groups attached to an aromatic ring is 1.